The van der Waals surface area contributed by atoms with Crippen LogP contribution in [0.5, 0.6) is 0 Å². The highest BCUT2D eigenvalue weighted by Gasteiger charge is 2.45. The molecule has 1 aromatic heterocycles. The van der Waals surface area contributed by atoms with Crippen LogP contribution in [0.25, 0.3) is 0 Å². The van der Waals surface area contributed by atoms with Gasteiger partial charge in [0.25, 0.3) is 0 Å². The first kappa shape index (κ1) is 20.5. The number of anilines is 2. The van der Waals surface area contributed by atoms with E-state index in [9.17, 15) is 9.90 Å². The average Bonchev–Trinajstić information content (AvgIpc) is 2.49. The predicted octanol–water partition coefficient (Wildman–Crippen LogP) is 3.15. The lowest BCUT2D eigenvalue weighted by atomic mass is 9.92. The first-order valence-corrected chi connectivity index (χ1v) is 11.9. The van der Waals surface area contributed by atoms with Gasteiger partial charge in [-0.3, -0.25) is 4.98 Å². The average molecular weight is 381 g/mol. The third kappa shape index (κ3) is 4.48. The lowest BCUT2D eigenvalue weighted by molar-refractivity contribution is 0.0722. The Labute approximate surface area is 157 Å². The molecule has 2 heterocycles. The van der Waals surface area contributed by atoms with E-state index >= 15 is 0 Å². The quantitative estimate of drug-likeness (QED) is 0.694. The van der Waals surface area contributed by atoms with Gasteiger partial charge < -0.3 is 25.5 Å². The summed E-state index contributed by atoms with van der Waals surface area (Å²) in [5.41, 5.74) is 7.55. The van der Waals surface area contributed by atoms with Crippen molar-refractivity contribution >= 4 is 25.8 Å². The van der Waals surface area contributed by atoms with Crippen molar-refractivity contribution in [2.75, 3.05) is 23.7 Å². The zero-order valence-corrected chi connectivity index (χ0v) is 17.6. The normalized spacial score (nSPS) is 24.4. The number of rotatable bonds is 4. The molecule has 1 aliphatic rings. The van der Waals surface area contributed by atoms with Crippen LogP contribution in [-0.4, -0.2) is 49.7 Å². The monoisotopic (exact) mass is 380 g/mol. The Hall–Kier alpha value is -1.80. The third-order valence-corrected chi connectivity index (χ3v) is 10.1. The van der Waals surface area contributed by atoms with Gasteiger partial charge in [0.15, 0.2) is 8.32 Å². The SMILES string of the molecule is C[C@H]1CN(c2ccncc2N)C[C@@H](NC(=O)O)[C@@H]1O[Si](C)(C)C(C)(C)C. The van der Waals surface area contributed by atoms with Crippen molar-refractivity contribution in [3.05, 3.63) is 18.5 Å². The number of piperidine rings is 1. The highest BCUT2D eigenvalue weighted by molar-refractivity contribution is 6.74. The summed E-state index contributed by atoms with van der Waals surface area (Å²) in [6.45, 7) is 14.4. The van der Waals surface area contributed by atoms with Crippen LogP contribution < -0.4 is 16.0 Å². The largest absolute Gasteiger partial charge is 0.465 e. The number of carbonyl (C=O) groups is 1. The molecule has 1 aliphatic heterocycles. The minimum absolute atomic E-state index is 0.0627. The Balaban J connectivity index is 2.27. The van der Waals surface area contributed by atoms with Crippen molar-refractivity contribution in [2.45, 2.75) is 58.0 Å². The number of nitrogens with zero attached hydrogens (tertiary/aromatic N) is 2. The first-order chi connectivity index (χ1) is 11.9. The predicted molar refractivity (Wildman–Crippen MR) is 107 cm³/mol. The Morgan fingerprint density at radius 2 is 2.08 bits per heavy atom. The van der Waals surface area contributed by atoms with Gasteiger partial charge >= 0.3 is 6.09 Å². The number of nitrogen functional groups attached to an aromatic ring is 1. The highest BCUT2D eigenvalue weighted by Crippen LogP contribution is 2.39. The van der Waals surface area contributed by atoms with Crippen LogP contribution in [0.3, 0.4) is 0 Å². The minimum Gasteiger partial charge on any atom is -0.465 e. The molecule has 0 radical (unpaired) electrons. The molecule has 2 rings (SSSR count). The van der Waals surface area contributed by atoms with Crippen molar-refractivity contribution in [1.29, 1.82) is 0 Å². The molecule has 146 valence electrons. The fraction of sp³-hybridized carbons (Fsp3) is 0.667. The maximum atomic E-state index is 11.4. The van der Waals surface area contributed by atoms with Gasteiger partial charge in [0.2, 0.25) is 0 Å². The van der Waals surface area contributed by atoms with Crippen molar-refractivity contribution in [3.8, 4) is 0 Å². The molecule has 1 aromatic rings. The summed E-state index contributed by atoms with van der Waals surface area (Å²) in [7, 11) is -2.03. The summed E-state index contributed by atoms with van der Waals surface area (Å²) >= 11 is 0. The number of nitrogens with one attached hydrogen (secondary N) is 1. The zero-order valence-electron chi connectivity index (χ0n) is 16.6. The summed E-state index contributed by atoms with van der Waals surface area (Å²) < 4.78 is 6.63. The van der Waals surface area contributed by atoms with Crippen molar-refractivity contribution in [3.63, 3.8) is 0 Å². The van der Waals surface area contributed by atoms with E-state index in [2.05, 4.69) is 56.0 Å². The van der Waals surface area contributed by atoms with Gasteiger partial charge in [0, 0.05) is 25.2 Å². The Morgan fingerprint density at radius 3 is 2.62 bits per heavy atom. The van der Waals surface area contributed by atoms with Gasteiger partial charge in [-0.2, -0.15) is 0 Å². The summed E-state index contributed by atoms with van der Waals surface area (Å²) in [5, 5.41) is 12.1. The number of pyridine rings is 1. The molecule has 7 nitrogen and oxygen atoms in total. The molecular formula is C18H32N4O3Si. The molecule has 0 unspecified atom stereocenters. The highest BCUT2D eigenvalue weighted by atomic mass is 28.4. The number of amides is 1. The van der Waals surface area contributed by atoms with E-state index in [1.807, 2.05) is 6.07 Å². The minimum atomic E-state index is -2.03. The van der Waals surface area contributed by atoms with Gasteiger partial charge in [-0.1, -0.05) is 27.7 Å². The molecule has 0 aromatic carbocycles. The van der Waals surface area contributed by atoms with Crippen molar-refractivity contribution in [1.82, 2.24) is 10.3 Å². The molecule has 1 saturated heterocycles. The molecule has 0 saturated carbocycles. The molecule has 0 aliphatic carbocycles. The van der Waals surface area contributed by atoms with Gasteiger partial charge in [-0.15, -0.1) is 0 Å². The molecule has 0 bridgehead atoms. The molecule has 3 atom stereocenters. The Bertz CT molecular complexity index is 648. The fourth-order valence-corrected chi connectivity index (χ4v) is 4.58. The van der Waals surface area contributed by atoms with Crippen molar-refractivity contribution < 1.29 is 14.3 Å². The van der Waals surface area contributed by atoms with E-state index in [1.165, 1.54) is 0 Å². The van der Waals surface area contributed by atoms with Gasteiger partial charge in [-0.25, -0.2) is 4.79 Å². The van der Waals surface area contributed by atoms with Gasteiger partial charge in [-0.05, 0) is 24.2 Å². The number of hydrogen-bond acceptors (Lipinski definition) is 5. The van der Waals surface area contributed by atoms with Crippen LogP contribution in [0.15, 0.2) is 18.5 Å². The standard InChI is InChI=1S/C18H32N4O3Si/c1-12-10-22(15-7-8-20-9-13(15)19)11-14(21-17(23)24)16(12)25-26(5,6)18(2,3)4/h7-9,12,14,16,21H,10-11,19H2,1-6H3,(H,23,24)/t12-,14+,16+/m0/s1. The Morgan fingerprint density at radius 1 is 1.42 bits per heavy atom. The van der Waals surface area contributed by atoms with E-state index in [0.717, 1.165) is 12.2 Å². The smallest absolute Gasteiger partial charge is 0.405 e. The molecule has 8 heteroatoms. The topological polar surface area (TPSA) is 101 Å². The molecule has 1 fully saturated rings. The summed E-state index contributed by atoms with van der Waals surface area (Å²) in [6.07, 6.45) is 2.13. The maximum absolute atomic E-state index is 11.4. The molecule has 0 spiro atoms. The third-order valence-electron chi connectivity index (χ3n) is 5.60. The summed E-state index contributed by atoms with van der Waals surface area (Å²) in [6, 6.07) is 1.55. The van der Waals surface area contributed by atoms with Crippen LogP contribution in [-0.2, 0) is 4.43 Å². The molecular weight excluding hydrogens is 348 g/mol. The fourth-order valence-electron chi connectivity index (χ4n) is 3.15. The zero-order chi connectivity index (χ0) is 19.7. The van der Waals surface area contributed by atoms with E-state index in [-0.39, 0.29) is 23.1 Å². The van der Waals surface area contributed by atoms with Crippen LogP contribution in [0.2, 0.25) is 18.1 Å². The van der Waals surface area contributed by atoms with Crippen molar-refractivity contribution in [2.24, 2.45) is 5.92 Å². The van der Waals surface area contributed by atoms with Crippen LogP contribution >= 0.6 is 0 Å². The van der Waals surface area contributed by atoms with E-state index in [1.54, 1.807) is 12.4 Å². The van der Waals surface area contributed by atoms with E-state index in [0.29, 0.717) is 12.2 Å². The second-order valence-electron chi connectivity index (χ2n) is 8.72. The lowest BCUT2D eigenvalue weighted by Gasteiger charge is -2.48. The number of nitrogens with two attached hydrogens (primary N) is 1. The molecule has 4 N–H and O–H groups in total. The Kier molecular flexibility index (Phi) is 5.87. The molecule has 26 heavy (non-hydrogen) atoms. The molecule has 1 amide bonds. The summed E-state index contributed by atoms with van der Waals surface area (Å²) in [4.78, 5) is 17.5. The lowest BCUT2D eigenvalue weighted by Crippen LogP contribution is -2.62. The summed E-state index contributed by atoms with van der Waals surface area (Å²) in [5.74, 6) is 0.155. The number of aromatic nitrogens is 1. The van der Waals surface area contributed by atoms with Gasteiger partial charge in [0.05, 0.1) is 29.7 Å². The number of hydrogen-bond donors (Lipinski definition) is 3. The second kappa shape index (κ2) is 7.44. The van der Waals surface area contributed by atoms with Crippen LogP contribution in [0, 0.1) is 5.92 Å². The van der Waals surface area contributed by atoms with Crippen LogP contribution in [0.1, 0.15) is 27.7 Å². The number of carboxylic acid groups (broad SMARTS) is 1. The van der Waals surface area contributed by atoms with E-state index in [4.69, 9.17) is 10.2 Å². The van der Waals surface area contributed by atoms with Crippen LogP contribution in [0.4, 0.5) is 16.2 Å². The second-order valence-corrected chi connectivity index (χ2v) is 13.5. The van der Waals surface area contributed by atoms with E-state index < -0.39 is 14.4 Å². The van der Waals surface area contributed by atoms with Gasteiger partial charge in [0.1, 0.15) is 0 Å². The maximum Gasteiger partial charge on any atom is 0.405 e. The first-order valence-electron chi connectivity index (χ1n) is 9.04.